The molecule has 0 unspecified atom stereocenters. The highest BCUT2D eigenvalue weighted by Crippen LogP contribution is 2.17. The standard InChI is InChI=1S/C29H59N3O4.C25H51N3O4/c1-3-5-7-9-11-13-15-17-24-35-27(26(33)20-19-21-30)28(29(34)32-23-22-31)36-25-18-16-14-12-10-8-6-4-2;1-3-5-7-9-11-13-20-31-23(22(29)16-15-17-26)24(25(30)28-19-18-27)32-21-14-12-10-8-6-4-2/h27-28H,3-25,30-31H2,1-2H3,(H,32,34);23-24H,3-21,26-27H2,1-2H3,(H,28,30)/t27-,28+;23-,24+/m00/s1. The summed E-state index contributed by atoms with van der Waals surface area (Å²) in [5, 5.41) is 5.57. The van der Waals surface area contributed by atoms with Crippen LogP contribution in [0.1, 0.15) is 233 Å². The molecule has 404 valence electrons. The van der Waals surface area contributed by atoms with Gasteiger partial charge in [0.05, 0.1) is 0 Å². The first-order chi connectivity index (χ1) is 33.2. The fourth-order valence-electron chi connectivity index (χ4n) is 7.81. The number of ketones is 2. The highest BCUT2D eigenvalue weighted by Gasteiger charge is 2.36. The van der Waals surface area contributed by atoms with Gasteiger partial charge in [-0.3, -0.25) is 19.2 Å². The third-order valence-electron chi connectivity index (χ3n) is 12.0. The number of hydrogen-bond donors (Lipinski definition) is 6. The van der Waals surface area contributed by atoms with Crippen molar-refractivity contribution in [2.75, 3.05) is 65.7 Å². The Kier molecular flexibility index (Phi) is 54.3. The number of nitrogens with two attached hydrogens (primary N) is 4. The minimum atomic E-state index is -0.944. The Morgan fingerprint density at radius 3 is 0.794 bits per heavy atom. The van der Waals surface area contributed by atoms with Gasteiger partial charge in [0.25, 0.3) is 11.8 Å². The monoisotopic (exact) mass is 971 g/mol. The molecule has 4 atom stereocenters. The minimum absolute atomic E-state index is 0.108. The van der Waals surface area contributed by atoms with E-state index in [2.05, 4.69) is 38.3 Å². The Bertz CT molecular complexity index is 1040. The number of rotatable bonds is 52. The van der Waals surface area contributed by atoms with E-state index >= 15 is 0 Å². The van der Waals surface area contributed by atoms with Crippen LogP contribution in [0.15, 0.2) is 0 Å². The summed E-state index contributed by atoms with van der Waals surface area (Å²) in [7, 11) is 0. The van der Waals surface area contributed by atoms with Crippen LogP contribution in [0, 0.1) is 0 Å². The van der Waals surface area contributed by atoms with E-state index in [0.717, 1.165) is 64.2 Å². The molecule has 0 fully saturated rings. The fourth-order valence-corrected chi connectivity index (χ4v) is 7.81. The van der Waals surface area contributed by atoms with Crippen LogP contribution in [0.5, 0.6) is 0 Å². The lowest BCUT2D eigenvalue weighted by molar-refractivity contribution is -0.156. The lowest BCUT2D eigenvalue weighted by atomic mass is 10.0. The van der Waals surface area contributed by atoms with Crippen molar-refractivity contribution in [1.29, 1.82) is 0 Å². The normalized spacial score (nSPS) is 13.1. The molecule has 0 radical (unpaired) electrons. The second-order valence-electron chi connectivity index (χ2n) is 18.5. The molecular weight excluding hydrogens is 861 g/mol. The summed E-state index contributed by atoms with van der Waals surface area (Å²) in [5.74, 6) is -0.862. The average molecular weight is 972 g/mol. The van der Waals surface area contributed by atoms with Gasteiger partial charge in [-0.15, -0.1) is 0 Å². The molecule has 0 aliphatic rings. The van der Waals surface area contributed by atoms with Crippen molar-refractivity contribution < 1.29 is 38.1 Å². The molecular formula is C54H110N6O8. The first-order valence-corrected chi connectivity index (χ1v) is 28.1. The van der Waals surface area contributed by atoms with E-state index in [4.69, 9.17) is 41.9 Å². The van der Waals surface area contributed by atoms with E-state index in [9.17, 15) is 19.2 Å². The van der Waals surface area contributed by atoms with E-state index in [1.165, 1.54) is 116 Å². The Hall–Kier alpha value is -2.04. The molecule has 0 aromatic heterocycles. The van der Waals surface area contributed by atoms with Crippen LogP contribution < -0.4 is 33.6 Å². The van der Waals surface area contributed by atoms with Crippen LogP contribution in [-0.2, 0) is 38.1 Å². The van der Waals surface area contributed by atoms with E-state index in [-0.39, 0.29) is 23.4 Å². The zero-order valence-electron chi connectivity index (χ0n) is 44.6. The highest BCUT2D eigenvalue weighted by molar-refractivity contribution is 5.93. The van der Waals surface area contributed by atoms with Crippen LogP contribution in [0.3, 0.4) is 0 Å². The largest absolute Gasteiger partial charge is 0.367 e. The molecule has 10 N–H and O–H groups in total. The number of unbranched alkanes of at least 4 members (excludes halogenated alkanes) is 24. The van der Waals surface area contributed by atoms with Gasteiger partial charge in [0, 0.05) is 65.4 Å². The first-order valence-electron chi connectivity index (χ1n) is 28.1. The molecule has 0 aromatic rings. The van der Waals surface area contributed by atoms with Crippen molar-refractivity contribution in [3.63, 3.8) is 0 Å². The van der Waals surface area contributed by atoms with Crippen molar-refractivity contribution in [1.82, 2.24) is 10.6 Å². The van der Waals surface area contributed by atoms with Crippen LogP contribution >= 0.6 is 0 Å². The molecule has 14 nitrogen and oxygen atoms in total. The van der Waals surface area contributed by atoms with Crippen LogP contribution in [-0.4, -0.2) is 113 Å². The highest BCUT2D eigenvalue weighted by atomic mass is 16.6. The van der Waals surface area contributed by atoms with Crippen LogP contribution in [0.2, 0.25) is 0 Å². The van der Waals surface area contributed by atoms with Gasteiger partial charge in [0.15, 0.2) is 36.0 Å². The van der Waals surface area contributed by atoms with Crippen molar-refractivity contribution in [2.45, 2.75) is 258 Å². The van der Waals surface area contributed by atoms with Crippen molar-refractivity contribution in [3.05, 3.63) is 0 Å². The van der Waals surface area contributed by atoms with Gasteiger partial charge in [0.1, 0.15) is 0 Å². The summed E-state index contributed by atoms with van der Waals surface area (Å²) in [6, 6.07) is 0. The Balaban J connectivity index is 0. The maximum Gasteiger partial charge on any atom is 0.252 e. The third kappa shape index (κ3) is 41.7. The number of carbonyl (C=O) groups is 4. The molecule has 14 heteroatoms. The van der Waals surface area contributed by atoms with Gasteiger partial charge in [-0.1, -0.05) is 182 Å². The molecule has 68 heavy (non-hydrogen) atoms. The molecule has 0 aliphatic heterocycles. The number of hydrogen-bond acceptors (Lipinski definition) is 12. The van der Waals surface area contributed by atoms with Gasteiger partial charge in [0.2, 0.25) is 0 Å². The third-order valence-corrected chi connectivity index (χ3v) is 12.0. The molecule has 0 aliphatic carbocycles. The lowest BCUT2D eigenvalue weighted by Crippen LogP contribution is -2.50. The Morgan fingerprint density at radius 2 is 0.559 bits per heavy atom. The van der Waals surface area contributed by atoms with Crippen molar-refractivity contribution in [3.8, 4) is 0 Å². The molecule has 0 spiro atoms. The Morgan fingerprint density at radius 1 is 0.324 bits per heavy atom. The molecule has 0 bridgehead atoms. The van der Waals surface area contributed by atoms with Crippen molar-refractivity contribution >= 4 is 23.4 Å². The number of Topliss-reactive ketones (excluding diaryl/α,β-unsaturated/α-hetero) is 2. The molecule has 0 rings (SSSR count). The summed E-state index contributed by atoms with van der Waals surface area (Å²) in [5.41, 5.74) is 22.3. The summed E-state index contributed by atoms with van der Waals surface area (Å²) < 4.78 is 24.0. The maximum absolute atomic E-state index is 13.0. The van der Waals surface area contributed by atoms with E-state index < -0.39 is 24.4 Å². The lowest BCUT2D eigenvalue weighted by Gasteiger charge is -2.26. The molecule has 0 aromatic carbocycles. The average Bonchev–Trinajstić information content (AvgIpc) is 3.34. The predicted molar refractivity (Wildman–Crippen MR) is 282 cm³/mol. The minimum Gasteiger partial charge on any atom is -0.367 e. The number of amides is 2. The zero-order chi connectivity index (χ0) is 50.6. The summed E-state index contributed by atoms with van der Waals surface area (Å²) in [4.78, 5) is 51.5. The smallest absolute Gasteiger partial charge is 0.252 e. The molecule has 0 saturated heterocycles. The second kappa shape index (κ2) is 54.3. The van der Waals surface area contributed by atoms with Crippen LogP contribution in [0.4, 0.5) is 0 Å². The van der Waals surface area contributed by atoms with Gasteiger partial charge >= 0.3 is 0 Å². The van der Waals surface area contributed by atoms with Gasteiger partial charge in [-0.2, -0.15) is 0 Å². The van der Waals surface area contributed by atoms with Gasteiger partial charge in [-0.25, -0.2) is 0 Å². The summed E-state index contributed by atoms with van der Waals surface area (Å²) >= 11 is 0. The maximum atomic E-state index is 13.0. The summed E-state index contributed by atoms with van der Waals surface area (Å²) in [6.45, 7) is 12.8. The molecule has 2 amide bonds. The quantitative estimate of drug-likeness (QED) is 0.0313. The van der Waals surface area contributed by atoms with Crippen LogP contribution in [0.25, 0.3) is 0 Å². The van der Waals surface area contributed by atoms with Gasteiger partial charge in [-0.05, 0) is 51.6 Å². The molecule has 0 saturated carbocycles. The Labute approximate surface area is 417 Å². The zero-order valence-corrected chi connectivity index (χ0v) is 44.6. The van der Waals surface area contributed by atoms with E-state index in [1.807, 2.05) is 0 Å². The van der Waals surface area contributed by atoms with Gasteiger partial charge < -0.3 is 52.5 Å². The number of nitrogens with one attached hydrogen (secondary N) is 2. The topological polar surface area (TPSA) is 233 Å². The number of ether oxygens (including phenoxy) is 4. The predicted octanol–water partition coefficient (Wildman–Crippen LogP) is 9.28. The molecule has 0 heterocycles. The van der Waals surface area contributed by atoms with E-state index in [1.54, 1.807) is 0 Å². The number of carbonyl (C=O) groups excluding carboxylic acids is 4. The fraction of sp³-hybridized carbons (Fsp3) is 0.926. The summed E-state index contributed by atoms with van der Waals surface area (Å²) in [6.07, 6.45) is 30.6. The second-order valence-corrected chi connectivity index (χ2v) is 18.5. The SMILES string of the molecule is CCCCCCCCCCO[C@@H](C(=O)CCCN)[C@@H](OCCCCCCCCCC)C(=O)NCCN.CCCCCCCCO[C@@H](C(=O)CCCN)[C@@H](OCCCCCCCC)C(=O)NCCN. The van der Waals surface area contributed by atoms with E-state index in [0.29, 0.717) is 91.4 Å². The first kappa shape index (κ1) is 68.0. The van der Waals surface area contributed by atoms with Crippen molar-refractivity contribution in [2.24, 2.45) is 22.9 Å².